The average molecular weight is 746 g/mol. The number of nitrogens with zero attached hydrogens (tertiary/aromatic N) is 6. The maximum absolute atomic E-state index is 6.67. The maximum Gasteiger partial charge on any atom is 0.158 e. The Balaban J connectivity index is 0.000000201. The second kappa shape index (κ2) is 17.7. The molecule has 0 N–H and O–H groups in total. The molecule has 0 spiro atoms. The lowest BCUT2D eigenvalue weighted by atomic mass is 9.89. The first-order valence-electron chi connectivity index (χ1n) is 19.8. The van der Waals surface area contributed by atoms with Crippen molar-refractivity contribution in [1.29, 1.82) is 0 Å². The monoisotopic (exact) mass is 744 g/mol. The first kappa shape index (κ1) is 40.0. The van der Waals surface area contributed by atoms with E-state index in [2.05, 4.69) is 119 Å². The highest BCUT2D eigenvalue weighted by Gasteiger charge is 2.31. The Morgan fingerprint density at radius 3 is 1.69 bits per heavy atom. The fourth-order valence-electron chi connectivity index (χ4n) is 8.86. The average Bonchev–Trinajstić information content (AvgIpc) is 3.60. The molecule has 2 aliphatic rings. The van der Waals surface area contributed by atoms with E-state index in [1.54, 1.807) is 0 Å². The zero-order valence-corrected chi connectivity index (χ0v) is 35.1. The van der Waals surface area contributed by atoms with Gasteiger partial charge in [-0.1, -0.05) is 88.4 Å². The molecule has 282 valence electrons. The molecular formula is C44H62Cl2N6. The van der Waals surface area contributed by atoms with Crippen LogP contribution in [-0.2, 0) is 26.9 Å². The summed E-state index contributed by atoms with van der Waals surface area (Å²) < 4.78 is 4.23. The lowest BCUT2D eigenvalue weighted by Gasteiger charge is -2.30. The Hall–Kier alpha value is -3.22. The third kappa shape index (κ3) is 8.29. The van der Waals surface area contributed by atoms with Gasteiger partial charge >= 0.3 is 0 Å². The molecule has 2 aromatic carbocycles. The van der Waals surface area contributed by atoms with Crippen LogP contribution in [0.4, 0.5) is 23.0 Å². The lowest BCUT2D eigenvalue weighted by Crippen LogP contribution is -2.26. The summed E-state index contributed by atoms with van der Waals surface area (Å²) >= 11 is 13.3. The standard InChI is InChI=1S/C22H32ClN3.C22H30ClN3/c2*1-6-9-17(10-7-2)21-18-11-8-12-26(22(18)24-25(21)5)20-16(4)13-15(3)14-19(20)23/h13-14,17H,6-12H2,1-5H3;9,13-14H,6-8,10-12H2,1-5H3. The van der Waals surface area contributed by atoms with E-state index in [9.17, 15) is 0 Å². The highest BCUT2D eigenvalue weighted by atomic mass is 35.5. The first-order chi connectivity index (χ1) is 24.9. The predicted octanol–water partition coefficient (Wildman–Crippen LogP) is 12.8. The number of aromatic nitrogens is 4. The van der Waals surface area contributed by atoms with Crippen molar-refractivity contribution in [3.63, 3.8) is 0 Å². The summed E-state index contributed by atoms with van der Waals surface area (Å²) in [6.45, 7) is 19.5. The van der Waals surface area contributed by atoms with E-state index in [0.717, 1.165) is 91.1 Å². The molecule has 0 aliphatic carbocycles. The van der Waals surface area contributed by atoms with Gasteiger partial charge in [-0.25, -0.2) is 0 Å². The third-order valence-corrected chi connectivity index (χ3v) is 11.3. The van der Waals surface area contributed by atoms with E-state index in [-0.39, 0.29) is 0 Å². The Morgan fingerprint density at radius 1 is 0.712 bits per heavy atom. The summed E-state index contributed by atoms with van der Waals surface area (Å²) in [5.41, 5.74) is 14.1. The molecule has 4 heterocycles. The third-order valence-electron chi connectivity index (χ3n) is 10.7. The van der Waals surface area contributed by atoms with Crippen LogP contribution in [0.15, 0.2) is 30.3 Å². The Morgan fingerprint density at radius 2 is 1.21 bits per heavy atom. The molecule has 0 unspecified atom stereocenters. The summed E-state index contributed by atoms with van der Waals surface area (Å²) in [5.74, 6) is 2.82. The highest BCUT2D eigenvalue weighted by molar-refractivity contribution is 6.34. The van der Waals surface area contributed by atoms with Gasteiger partial charge < -0.3 is 9.80 Å². The molecule has 0 fully saturated rings. The molecule has 0 saturated heterocycles. The first-order valence-corrected chi connectivity index (χ1v) is 20.6. The molecule has 2 aliphatic heterocycles. The fourth-order valence-corrected chi connectivity index (χ4v) is 9.70. The van der Waals surface area contributed by atoms with Crippen molar-refractivity contribution in [3.8, 4) is 0 Å². The number of benzene rings is 2. The Bertz CT molecular complexity index is 1830. The van der Waals surface area contributed by atoms with Crippen LogP contribution >= 0.6 is 23.2 Å². The van der Waals surface area contributed by atoms with Gasteiger partial charge in [-0.2, -0.15) is 10.2 Å². The van der Waals surface area contributed by atoms with Crippen LogP contribution in [0.3, 0.4) is 0 Å². The van der Waals surface area contributed by atoms with Crippen LogP contribution in [0, 0.1) is 27.7 Å². The van der Waals surface area contributed by atoms with Gasteiger partial charge in [0, 0.05) is 49.9 Å². The maximum atomic E-state index is 6.67. The van der Waals surface area contributed by atoms with Crippen molar-refractivity contribution in [3.05, 3.63) is 85.2 Å². The number of hydrogen-bond acceptors (Lipinski definition) is 4. The minimum absolute atomic E-state index is 0.612. The van der Waals surface area contributed by atoms with Crippen molar-refractivity contribution in [1.82, 2.24) is 19.6 Å². The normalized spacial score (nSPS) is 14.4. The van der Waals surface area contributed by atoms with Gasteiger partial charge in [0.1, 0.15) is 0 Å². The van der Waals surface area contributed by atoms with Gasteiger partial charge in [-0.3, -0.25) is 9.36 Å². The van der Waals surface area contributed by atoms with Crippen molar-refractivity contribution >= 4 is 51.8 Å². The molecule has 0 bridgehead atoms. The van der Waals surface area contributed by atoms with Crippen molar-refractivity contribution in [2.75, 3.05) is 22.9 Å². The zero-order valence-electron chi connectivity index (χ0n) is 33.6. The van der Waals surface area contributed by atoms with E-state index in [1.807, 2.05) is 0 Å². The molecular weight excluding hydrogens is 683 g/mol. The van der Waals surface area contributed by atoms with E-state index in [4.69, 9.17) is 33.4 Å². The molecule has 0 atom stereocenters. The number of aryl methyl sites for hydroxylation is 6. The van der Waals surface area contributed by atoms with Gasteiger partial charge in [-0.05, 0) is 119 Å². The summed E-state index contributed by atoms with van der Waals surface area (Å²) in [4.78, 5) is 4.68. The molecule has 6 nitrogen and oxygen atoms in total. The molecule has 4 aromatic rings. The van der Waals surface area contributed by atoms with Crippen molar-refractivity contribution < 1.29 is 0 Å². The second-order valence-electron chi connectivity index (χ2n) is 15.1. The van der Waals surface area contributed by atoms with Gasteiger partial charge in [0.2, 0.25) is 0 Å². The van der Waals surface area contributed by atoms with E-state index < -0.39 is 0 Å². The number of fused-ring (bicyclic) bond motifs is 2. The topological polar surface area (TPSA) is 42.1 Å². The van der Waals surface area contributed by atoms with Crippen LogP contribution in [0.1, 0.15) is 136 Å². The van der Waals surface area contributed by atoms with Gasteiger partial charge in [0.05, 0.1) is 27.1 Å². The van der Waals surface area contributed by atoms with Crippen molar-refractivity contribution in [2.45, 2.75) is 132 Å². The number of anilines is 4. The quantitative estimate of drug-likeness (QED) is 0.153. The fraction of sp³-hybridized carbons (Fsp3) is 0.545. The lowest BCUT2D eigenvalue weighted by molar-refractivity contribution is 0.515. The number of hydrogen-bond donors (Lipinski definition) is 0. The Kier molecular flexibility index (Phi) is 13.6. The summed E-state index contributed by atoms with van der Waals surface area (Å²) in [6.07, 6.45) is 15.1. The number of rotatable bonds is 11. The molecule has 52 heavy (non-hydrogen) atoms. The van der Waals surface area contributed by atoms with Crippen LogP contribution in [-0.4, -0.2) is 32.7 Å². The van der Waals surface area contributed by atoms with Crippen LogP contribution < -0.4 is 9.80 Å². The van der Waals surface area contributed by atoms with Gasteiger partial charge in [0.25, 0.3) is 0 Å². The van der Waals surface area contributed by atoms with Gasteiger partial charge in [-0.15, -0.1) is 0 Å². The minimum Gasteiger partial charge on any atom is -0.323 e. The minimum atomic E-state index is 0.612. The zero-order chi connectivity index (χ0) is 37.7. The van der Waals surface area contributed by atoms with Crippen LogP contribution in [0.2, 0.25) is 10.0 Å². The summed E-state index contributed by atoms with van der Waals surface area (Å²) in [5, 5.41) is 11.6. The molecule has 8 heteroatoms. The molecule has 2 aromatic heterocycles. The number of allylic oxidation sites excluding steroid dienone is 2. The summed E-state index contributed by atoms with van der Waals surface area (Å²) in [6, 6.07) is 8.55. The van der Waals surface area contributed by atoms with E-state index in [1.165, 1.54) is 76.0 Å². The van der Waals surface area contributed by atoms with Gasteiger partial charge in [0.15, 0.2) is 11.6 Å². The SMILES string of the molecule is CCC=C(CCC)c1c2c(nn1C)N(c1c(C)cc(C)cc1Cl)CCC2.CCCC(CCC)c1c2c(nn1C)N(c1c(C)cc(C)cc1Cl)CCC2. The summed E-state index contributed by atoms with van der Waals surface area (Å²) in [7, 11) is 4.20. The largest absolute Gasteiger partial charge is 0.323 e. The second-order valence-corrected chi connectivity index (χ2v) is 15.9. The molecule has 0 saturated carbocycles. The Labute approximate surface area is 324 Å². The van der Waals surface area contributed by atoms with E-state index >= 15 is 0 Å². The van der Waals surface area contributed by atoms with Crippen molar-refractivity contribution in [2.24, 2.45) is 14.1 Å². The number of halogens is 2. The van der Waals surface area contributed by atoms with Crippen LogP contribution in [0.25, 0.3) is 5.57 Å². The highest BCUT2D eigenvalue weighted by Crippen LogP contribution is 2.44. The molecule has 6 rings (SSSR count). The molecule has 0 radical (unpaired) electrons. The molecule has 0 amide bonds. The predicted molar refractivity (Wildman–Crippen MR) is 225 cm³/mol. The van der Waals surface area contributed by atoms with Crippen LogP contribution in [0.5, 0.6) is 0 Å². The smallest absolute Gasteiger partial charge is 0.158 e. The van der Waals surface area contributed by atoms with E-state index in [0.29, 0.717) is 5.92 Å².